The first-order valence-corrected chi connectivity index (χ1v) is 6.93. The number of Topliss-reactive ketones (excluding diaryl/α,β-unsaturated/α-hetero) is 1. The molecule has 0 heterocycles. The Morgan fingerprint density at radius 3 is 2.25 bits per heavy atom. The molecule has 0 unspecified atom stereocenters. The lowest BCUT2D eigenvalue weighted by Gasteiger charge is -2.04. The van der Waals surface area contributed by atoms with Crippen LogP contribution in [0.5, 0.6) is 0 Å². The van der Waals surface area contributed by atoms with Crippen LogP contribution < -0.4 is 0 Å². The maximum absolute atomic E-state index is 11.9. The maximum Gasteiger partial charge on any atom is 0.162 e. The number of alkyl halides is 1. The van der Waals surface area contributed by atoms with Gasteiger partial charge in [-0.25, -0.2) is 0 Å². The molecule has 0 aromatic heterocycles. The van der Waals surface area contributed by atoms with E-state index in [-0.39, 0.29) is 5.78 Å². The molecule has 0 aliphatic carbocycles. The van der Waals surface area contributed by atoms with Gasteiger partial charge in [0.15, 0.2) is 5.78 Å². The van der Waals surface area contributed by atoms with E-state index in [1.165, 1.54) is 11.1 Å². The molecule has 0 atom stereocenters. The Morgan fingerprint density at radius 2 is 1.69 bits per heavy atom. The van der Waals surface area contributed by atoms with E-state index in [0.29, 0.717) is 6.42 Å². The van der Waals surface area contributed by atoms with Crippen molar-refractivity contribution in [2.24, 2.45) is 0 Å². The first-order valence-electron chi connectivity index (χ1n) is 5.81. The molecule has 0 radical (unpaired) electrons. The zero-order chi connectivity index (χ0) is 12.0. The van der Waals surface area contributed by atoms with Crippen LogP contribution in [0.3, 0.4) is 0 Å². The van der Waals surface area contributed by atoms with Crippen molar-refractivity contribution in [2.75, 3.05) is 5.33 Å². The summed E-state index contributed by atoms with van der Waals surface area (Å²) in [6, 6.07) is 6.07. The van der Waals surface area contributed by atoms with Crippen LogP contribution in [0.25, 0.3) is 0 Å². The highest BCUT2D eigenvalue weighted by Crippen LogP contribution is 2.13. The first kappa shape index (κ1) is 13.4. The predicted molar refractivity (Wildman–Crippen MR) is 72.5 cm³/mol. The Balaban J connectivity index is 2.52. The van der Waals surface area contributed by atoms with Crippen molar-refractivity contribution < 1.29 is 4.79 Å². The second-order valence-corrected chi connectivity index (χ2v) is 5.09. The lowest BCUT2D eigenvalue weighted by atomic mass is 10.0. The van der Waals surface area contributed by atoms with E-state index >= 15 is 0 Å². The smallest absolute Gasteiger partial charge is 0.162 e. The number of halogens is 1. The van der Waals surface area contributed by atoms with Crippen molar-refractivity contribution in [3.8, 4) is 0 Å². The third kappa shape index (κ3) is 4.48. The molecule has 0 saturated carbocycles. The number of hydrogen-bond acceptors (Lipinski definition) is 1. The van der Waals surface area contributed by atoms with Gasteiger partial charge in [-0.2, -0.15) is 0 Å². The van der Waals surface area contributed by atoms with Crippen LogP contribution in [0.1, 0.15) is 47.2 Å². The van der Waals surface area contributed by atoms with Crippen LogP contribution in [-0.4, -0.2) is 11.1 Å². The van der Waals surface area contributed by atoms with Gasteiger partial charge in [-0.3, -0.25) is 4.79 Å². The van der Waals surface area contributed by atoms with Crippen molar-refractivity contribution in [3.05, 3.63) is 34.9 Å². The second kappa shape index (κ2) is 6.85. The minimum Gasteiger partial charge on any atom is -0.294 e. The molecule has 88 valence electrons. The van der Waals surface area contributed by atoms with E-state index in [4.69, 9.17) is 0 Å². The highest BCUT2D eigenvalue weighted by molar-refractivity contribution is 9.09. The lowest BCUT2D eigenvalue weighted by molar-refractivity contribution is 0.0979. The standard InChI is InChI=1S/C14H19BrO/c1-11-8-12(2)10-13(9-11)14(16)6-4-3-5-7-15/h8-10H,3-7H2,1-2H3. The molecule has 0 saturated heterocycles. The van der Waals surface area contributed by atoms with E-state index in [1.807, 2.05) is 26.0 Å². The summed E-state index contributed by atoms with van der Waals surface area (Å²) >= 11 is 3.40. The highest BCUT2D eigenvalue weighted by Gasteiger charge is 2.06. The minimum absolute atomic E-state index is 0.279. The van der Waals surface area contributed by atoms with Gasteiger partial charge < -0.3 is 0 Å². The van der Waals surface area contributed by atoms with Crippen LogP contribution in [-0.2, 0) is 0 Å². The third-order valence-corrected chi connectivity index (χ3v) is 3.14. The Labute approximate surface area is 106 Å². The van der Waals surface area contributed by atoms with Gasteiger partial charge in [-0.15, -0.1) is 0 Å². The van der Waals surface area contributed by atoms with Crippen molar-refractivity contribution in [1.29, 1.82) is 0 Å². The van der Waals surface area contributed by atoms with Crippen LogP contribution in [0.15, 0.2) is 18.2 Å². The summed E-state index contributed by atoms with van der Waals surface area (Å²) in [5, 5.41) is 1.03. The largest absolute Gasteiger partial charge is 0.294 e. The Kier molecular flexibility index (Phi) is 5.75. The average Bonchev–Trinajstić information content (AvgIpc) is 2.22. The first-order chi connectivity index (χ1) is 7.63. The second-order valence-electron chi connectivity index (χ2n) is 4.30. The van der Waals surface area contributed by atoms with Crippen molar-refractivity contribution in [1.82, 2.24) is 0 Å². The number of hydrogen-bond donors (Lipinski definition) is 0. The fraction of sp³-hybridized carbons (Fsp3) is 0.500. The lowest BCUT2D eigenvalue weighted by Crippen LogP contribution is -2.00. The minimum atomic E-state index is 0.279. The normalized spacial score (nSPS) is 10.4. The van der Waals surface area contributed by atoms with Gasteiger partial charge in [0.2, 0.25) is 0 Å². The number of carbonyl (C=O) groups is 1. The monoisotopic (exact) mass is 282 g/mol. The number of carbonyl (C=O) groups excluding carboxylic acids is 1. The molecule has 0 aliphatic rings. The van der Waals surface area contributed by atoms with Gasteiger partial charge in [-0.1, -0.05) is 39.5 Å². The zero-order valence-corrected chi connectivity index (χ0v) is 11.6. The number of ketones is 1. The average molecular weight is 283 g/mol. The zero-order valence-electron chi connectivity index (χ0n) is 10.1. The summed E-state index contributed by atoms with van der Waals surface area (Å²) in [7, 11) is 0. The summed E-state index contributed by atoms with van der Waals surface area (Å²) in [4.78, 5) is 11.9. The molecule has 0 N–H and O–H groups in total. The van der Waals surface area contributed by atoms with Crippen LogP contribution in [0, 0.1) is 13.8 Å². The quantitative estimate of drug-likeness (QED) is 0.428. The Bertz CT molecular complexity index is 338. The SMILES string of the molecule is Cc1cc(C)cc(C(=O)CCCCCBr)c1. The molecule has 1 rings (SSSR count). The fourth-order valence-electron chi connectivity index (χ4n) is 1.84. The predicted octanol–water partition coefficient (Wildman–Crippen LogP) is 4.44. The van der Waals surface area contributed by atoms with Crippen LogP contribution in [0.4, 0.5) is 0 Å². The highest BCUT2D eigenvalue weighted by atomic mass is 79.9. The molecule has 0 fully saturated rings. The summed E-state index contributed by atoms with van der Waals surface area (Å²) < 4.78 is 0. The van der Waals surface area contributed by atoms with E-state index < -0.39 is 0 Å². The van der Waals surface area contributed by atoms with Crippen LogP contribution >= 0.6 is 15.9 Å². The topological polar surface area (TPSA) is 17.1 Å². The van der Waals surface area contributed by atoms with Crippen molar-refractivity contribution in [2.45, 2.75) is 39.5 Å². The van der Waals surface area contributed by atoms with E-state index in [1.54, 1.807) is 0 Å². The van der Waals surface area contributed by atoms with Gasteiger partial charge in [0.25, 0.3) is 0 Å². The molecule has 0 spiro atoms. The molecule has 1 aromatic rings. The maximum atomic E-state index is 11.9. The number of aryl methyl sites for hydroxylation is 2. The number of rotatable bonds is 6. The molecule has 0 aliphatic heterocycles. The molecule has 1 aromatic carbocycles. The summed E-state index contributed by atoms with van der Waals surface area (Å²) in [6.07, 6.45) is 3.95. The molecular formula is C14H19BrO. The molecular weight excluding hydrogens is 264 g/mol. The number of unbranched alkanes of at least 4 members (excludes halogenated alkanes) is 2. The van der Waals surface area contributed by atoms with E-state index in [9.17, 15) is 4.79 Å². The van der Waals surface area contributed by atoms with Crippen molar-refractivity contribution in [3.63, 3.8) is 0 Å². The van der Waals surface area contributed by atoms with Crippen molar-refractivity contribution >= 4 is 21.7 Å². The number of benzene rings is 1. The Morgan fingerprint density at radius 1 is 1.06 bits per heavy atom. The van der Waals surface area contributed by atoms with Crippen LogP contribution in [0.2, 0.25) is 0 Å². The van der Waals surface area contributed by atoms with Gasteiger partial charge in [-0.05, 0) is 38.8 Å². The van der Waals surface area contributed by atoms with Gasteiger partial charge in [0, 0.05) is 17.3 Å². The van der Waals surface area contributed by atoms with Gasteiger partial charge in [0.1, 0.15) is 0 Å². The van der Waals surface area contributed by atoms with E-state index in [0.717, 1.165) is 30.2 Å². The van der Waals surface area contributed by atoms with Gasteiger partial charge in [0.05, 0.1) is 0 Å². The molecule has 2 heteroatoms. The van der Waals surface area contributed by atoms with Gasteiger partial charge >= 0.3 is 0 Å². The summed E-state index contributed by atoms with van der Waals surface area (Å²) in [5.74, 6) is 0.279. The molecule has 0 bridgehead atoms. The summed E-state index contributed by atoms with van der Waals surface area (Å²) in [5.41, 5.74) is 3.21. The Hall–Kier alpha value is -0.630. The molecule has 0 amide bonds. The molecule has 16 heavy (non-hydrogen) atoms. The molecule has 1 nitrogen and oxygen atoms in total. The third-order valence-electron chi connectivity index (χ3n) is 2.58. The summed E-state index contributed by atoms with van der Waals surface area (Å²) in [6.45, 7) is 4.07. The van der Waals surface area contributed by atoms with E-state index in [2.05, 4.69) is 22.0 Å². The fourth-order valence-corrected chi connectivity index (χ4v) is 2.23.